The third kappa shape index (κ3) is 2.55. The van der Waals surface area contributed by atoms with E-state index in [1.165, 1.54) is 7.11 Å². The fraction of sp³-hybridized carbons (Fsp3) is 0.500. The molecule has 0 spiro atoms. The number of hydrogen-bond donors (Lipinski definition) is 1. The van der Waals surface area contributed by atoms with E-state index in [-0.39, 0.29) is 6.42 Å². The first kappa shape index (κ1) is 9.73. The van der Waals surface area contributed by atoms with E-state index in [1.807, 2.05) is 0 Å². The molecular formula is C8H11NO4. The lowest BCUT2D eigenvalue weighted by molar-refractivity contribution is -0.150. The third-order valence-electron chi connectivity index (χ3n) is 1.55. The van der Waals surface area contributed by atoms with E-state index in [9.17, 15) is 9.90 Å². The SMILES string of the molecule is COC(=O)C(O)Cc1cc(C)on1. The van der Waals surface area contributed by atoms with E-state index < -0.39 is 12.1 Å². The fourth-order valence-corrected chi connectivity index (χ4v) is 0.932. The van der Waals surface area contributed by atoms with Gasteiger partial charge in [-0.15, -0.1) is 0 Å². The second kappa shape index (κ2) is 4.04. The van der Waals surface area contributed by atoms with Crippen molar-refractivity contribution in [3.8, 4) is 0 Å². The van der Waals surface area contributed by atoms with Gasteiger partial charge in [-0.25, -0.2) is 4.79 Å². The van der Waals surface area contributed by atoms with Crippen molar-refractivity contribution in [2.24, 2.45) is 0 Å². The molecule has 0 bridgehead atoms. The molecule has 1 rings (SSSR count). The van der Waals surface area contributed by atoms with Gasteiger partial charge in [0.1, 0.15) is 5.76 Å². The van der Waals surface area contributed by atoms with Crippen LogP contribution in [-0.2, 0) is 16.0 Å². The van der Waals surface area contributed by atoms with Gasteiger partial charge >= 0.3 is 5.97 Å². The Morgan fingerprint density at radius 3 is 3.00 bits per heavy atom. The molecule has 0 saturated heterocycles. The number of ether oxygens (including phenoxy) is 1. The van der Waals surface area contributed by atoms with Gasteiger partial charge in [-0.2, -0.15) is 0 Å². The molecule has 5 heteroatoms. The number of carbonyl (C=O) groups is 1. The van der Waals surface area contributed by atoms with E-state index in [1.54, 1.807) is 13.0 Å². The minimum atomic E-state index is -1.17. The summed E-state index contributed by atoms with van der Waals surface area (Å²) in [5.41, 5.74) is 0.537. The molecule has 0 amide bonds. The number of carbonyl (C=O) groups excluding carboxylic acids is 1. The van der Waals surface area contributed by atoms with Crippen LogP contribution in [-0.4, -0.2) is 29.4 Å². The molecular weight excluding hydrogens is 174 g/mol. The van der Waals surface area contributed by atoms with Gasteiger partial charge < -0.3 is 14.4 Å². The van der Waals surface area contributed by atoms with Crippen LogP contribution in [0.2, 0.25) is 0 Å². The van der Waals surface area contributed by atoms with Crippen molar-refractivity contribution < 1.29 is 19.2 Å². The van der Waals surface area contributed by atoms with Crippen LogP contribution in [0.3, 0.4) is 0 Å². The molecule has 0 aliphatic carbocycles. The van der Waals surface area contributed by atoms with Gasteiger partial charge in [-0.05, 0) is 6.92 Å². The normalized spacial score (nSPS) is 12.5. The number of esters is 1. The van der Waals surface area contributed by atoms with Gasteiger partial charge in [0.2, 0.25) is 0 Å². The number of aromatic nitrogens is 1. The van der Waals surface area contributed by atoms with Gasteiger partial charge in [-0.3, -0.25) is 0 Å². The van der Waals surface area contributed by atoms with Gasteiger partial charge in [-0.1, -0.05) is 5.16 Å². The van der Waals surface area contributed by atoms with Gasteiger partial charge in [0.05, 0.1) is 12.8 Å². The predicted molar refractivity (Wildman–Crippen MR) is 43.0 cm³/mol. The van der Waals surface area contributed by atoms with Crippen molar-refractivity contribution >= 4 is 5.97 Å². The van der Waals surface area contributed by atoms with Crippen LogP contribution in [0, 0.1) is 6.92 Å². The zero-order chi connectivity index (χ0) is 9.84. The maximum absolute atomic E-state index is 10.8. The maximum Gasteiger partial charge on any atom is 0.335 e. The molecule has 13 heavy (non-hydrogen) atoms. The summed E-state index contributed by atoms with van der Waals surface area (Å²) in [6.07, 6.45) is -1.06. The topological polar surface area (TPSA) is 72.6 Å². The Hall–Kier alpha value is -1.36. The lowest BCUT2D eigenvalue weighted by Crippen LogP contribution is -2.24. The Bertz CT molecular complexity index is 294. The zero-order valence-electron chi connectivity index (χ0n) is 7.48. The first-order valence-electron chi connectivity index (χ1n) is 3.81. The molecule has 1 aromatic rings. The predicted octanol–water partition coefficient (Wildman–Crippen LogP) is 0.0594. The van der Waals surface area contributed by atoms with Crippen LogP contribution >= 0.6 is 0 Å². The molecule has 0 radical (unpaired) electrons. The average molecular weight is 185 g/mol. The molecule has 0 fully saturated rings. The molecule has 5 nitrogen and oxygen atoms in total. The second-order valence-corrected chi connectivity index (χ2v) is 2.67. The minimum Gasteiger partial charge on any atom is -0.467 e. The number of aliphatic hydroxyl groups excluding tert-OH is 1. The molecule has 1 N–H and O–H groups in total. The molecule has 0 aromatic carbocycles. The summed E-state index contributed by atoms with van der Waals surface area (Å²) in [7, 11) is 1.22. The Morgan fingerprint density at radius 2 is 2.54 bits per heavy atom. The lowest BCUT2D eigenvalue weighted by atomic mass is 10.2. The second-order valence-electron chi connectivity index (χ2n) is 2.67. The van der Waals surface area contributed by atoms with Gasteiger partial charge in [0.25, 0.3) is 0 Å². The highest BCUT2D eigenvalue weighted by molar-refractivity contribution is 5.74. The van der Waals surface area contributed by atoms with Crippen molar-refractivity contribution in [2.45, 2.75) is 19.4 Å². The van der Waals surface area contributed by atoms with Crippen LogP contribution < -0.4 is 0 Å². The molecule has 0 saturated carbocycles. The largest absolute Gasteiger partial charge is 0.467 e. The zero-order valence-corrected chi connectivity index (χ0v) is 7.48. The summed E-state index contributed by atoms with van der Waals surface area (Å²) >= 11 is 0. The van der Waals surface area contributed by atoms with Gasteiger partial charge in [0, 0.05) is 12.5 Å². The smallest absolute Gasteiger partial charge is 0.335 e. The Kier molecular flexibility index (Phi) is 3.02. The molecule has 1 aromatic heterocycles. The van der Waals surface area contributed by atoms with Crippen LogP contribution in [0.1, 0.15) is 11.5 Å². The average Bonchev–Trinajstić information content (AvgIpc) is 2.49. The van der Waals surface area contributed by atoms with Crippen molar-refractivity contribution in [1.82, 2.24) is 5.16 Å². The maximum atomic E-state index is 10.8. The van der Waals surface area contributed by atoms with Crippen LogP contribution in [0.5, 0.6) is 0 Å². The molecule has 1 unspecified atom stereocenters. The molecule has 72 valence electrons. The van der Waals surface area contributed by atoms with Crippen LogP contribution in [0.15, 0.2) is 10.6 Å². The Labute approximate surface area is 75.3 Å². The minimum absolute atomic E-state index is 0.115. The molecule has 0 aliphatic rings. The monoisotopic (exact) mass is 185 g/mol. The van der Waals surface area contributed by atoms with Crippen molar-refractivity contribution in [3.63, 3.8) is 0 Å². The first-order chi connectivity index (χ1) is 6.13. The standard InChI is InChI=1S/C8H11NO4/c1-5-3-6(9-13-5)4-7(10)8(11)12-2/h3,7,10H,4H2,1-2H3. The van der Waals surface area contributed by atoms with Crippen molar-refractivity contribution in [2.75, 3.05) is 7.11 Å². The molecule has 0 aliphatic heterocycles. The van der Waals surface area contributed by atoms with E-state index >= 15 is 0 Å². The number of nitrogens with zero attached hydrogens (tertiary/aromatic N) is 1. The number of hydrogen-bond acceptors (Lipinski definition) is 5. The van der Waals surface area contributed by atoms with Gasteiger partial charge in [0.15, 0.2) is 6.10 Å². The van der Waals surface area contributed by atoms with E-state index in [4.69, 9.17) is 4.52 Å². The summed E-state index contributed by atoms with van der Waals surface area (Å²) in [5, 5.41) is 12.9. The summed E-state index contributed by atoms with van der Waals surface area (Å²) in [4.78, 5) is 10.8. The summed E-state index contributed by atoms with van der Waals surface area (Å²) < 4.78 is 9.11. The fourth-order valence-electron chi connectivity index (χ4n) is 0.932. The molecule has 1 atom stereocenters. The van der Waals surface area contributed by atoms with E-state index in [2.05, 4.69) is 9.89 Å². The van der Waals surface area contributed by atoms with E-state index in [0.29, 0.717) is 11.5 Å². The summed E-state index contributed by atoms with van der Waals surface area (Å²) in [6, 6.07) is 1.66. The van der Waals surface area contributed by atoms with Crippen molar-refractivity contribution in [1.29, 1.82) is 0 Å². The third-order valence-corrected chi connectivity index (χ3v) is 1.55. The van der Waals surface area contributed by atoms with Crippen LogP contribution in [0.25, 0.3) is 0 Å². The number of rotatable bonds is 3. The highest BCUT2D eigenvalue weighted by atomic mass is 16.5. The molecule has 1 heterocycles. The number of aliphatic hydroxyl groups is 1. The number of aryl methyl sites for hydroxylation is 1. The summed E-state index contributed by atoms with van der Waals surface area (Å²) in [6.45, 7) is 1.74. The lowest BCUT2D eigenvalue weighted by Gasteiger charge is -2.04. The highest BCUT2D eigenvalue weighted by Gasteiger charge is 2.17. The Balaban J connectivity index is 2.54. The quantitative estimate of drug-likeness (QED) is 0.674. The highest BCUT2D eigenvalue weighted by Crippen LogP contribution is 2.05. The van der Waals surface area contributed by atoms with Crippen LogP contribution in [0.4, 0.5) is 0 Å². The first-order valence-corrected chi connectivity index (χ1v) is 3.81. The van der Waals surface area contributed by atoms with Crippen molar-refractivity contribution in [3.05, 3.63) is 17.5 Å². The summed E-state index contributed by atoms with van der Waals surface area (Å²) in [5.74, 6) is -0.0206. The number of methoxy groups -OCH3 is 1. The van der Waals surface area contributed by atoms with E-state index in [0.717, 1.165) is 0 Å². The Morgan fingerprint density at radius 1 is 1.85 bits per heavy atom.